The number of alkyl halides is 3. The predicted octanol–water partition coefficient (Wildman–Crippen LogP) is 4.13. The Morgan fingerprint density at radius 3 is 2.46 bits per heavy atom. The van der Waals surface area contributed by atoms with Gasteiger partial charge in [0.05, 0.1) is 11.4 Å². The first-order chi connectivity index (χ1) is 12.0. The van der Waals surface area contributed by atoms with E-state index < -0.39 is 17.3 Å². The number of amides is 1. The molecule has 0 aliphatic carbocycles. The summed E-state index contributed by atoms with van der Waals surface area (Å²) in [7, 11) is 0. The molecule has 1 aliphatic rings. The molecule has 4 nitrogen and oxygen atoms in total. The number of carbonyl (C=O) groups excluding carboxylic acids is 1. The molecule has 0 radical (unpaired) electrons. The minimum atomic E-state index is -4.56. The van der Waals surface area contributed by atoms with Crippen molar-refractivity contribution in [2.45, 2.75) is 46.8 Å². The Labute approximate surface area is 150 Å². The molecule has 140 valence electrons. The number of aryl methyl sites for hydroxylation is 1. The lowest BCUT2D eigenvalue weighted by Crippen LogP contribution is -2.42. The van der Waals surface area contributed by atoms with E-state index in [1.54, 1.807) is 39.0 Å². The summed E-state index contributed by atoms with van der Waals surface area (Å²) in [5, 5.41) is 3.88. The Morgan fingerprint density at radius 2 is 1.88 bits per heavy atom. The number of hydrogen-bond donors (Lipinski definition) is 0. The van der Waals surface area contributed by atoms with Crippen molar-refractivity contribution in [3.63, 3.8) is 0 Å². The van der Waals surface area contributed by atoms with Crippen molar-refractivity contribution in [2.24, 2.45) is 5.41 Å². The minimum absolute atomic E-state index is 0.0634. The van der Waals surface area contributed by atoms with Crippen molar-refractivity contribution < 1.29 is 18.0 Å². The molecule has 7 heteroatoms. The van der Waals surface area contributed by atoms with Crippen molar-refractivity contribution >= 4 is 5.91 Å². The van der Waals surface area contributed by atoms with Crippen LogP contribution in [-0.4, -0.2) is 27.1 Å². The molecule has 0 bridgehead atoms. The lowest BCUT2D eigenvalue weighted by atomic mass is 9.93. The highest BCUT2D eigenvalue weighted by molar-refractivity contribution is 5.81. The highest BCUT2D eigenvalue weighted by Crippen LogP contribution is 2.37. The summed E-state index contributed by atoms with van der Waals surface area (Å²) in [5.41, 5.74) is 0.639. The van der Waals surface area contributed by atoms with Gasteiger partial charge in [-0.05, 0) is 24.6 Å². The molecule has 0 saturated heterocycles. The number of fused-ring (bicyclic) bond motifs is 1. The normalized spacial score (nSPS) is 15.1. The second kappa shape index (κ2) is 6.14. The monoisotopic (exact) mass is 365 g/mol. The zero-order chi connectivity index (χ0) is 19.3. The van der Waals surface area contributed by atoms with Crippen molar-refractivity contribution in [3.05, 3.63) is 46.8 Å². The molecule has 0 fully saturated rings. The van der Waals surface area contributed by atoms with Gasteiger partial charge in [0.15, 0.2) is 5.69 Å². The molecule has 1 aliphatic heterocycles. The van der Waals surface area contributed by atoms with Gasteiger partial charge in [-0.1, -0.05) is 32.9 Å². The molecule has 26 heavy (non-hydrogen) atoms. The van der Waals surface area contributed by atoms with Crippen LogP contribution in [-0.2, 0) is 23.9 Å². The van der Waals surface area contributed by atoms with Crippen LogP contribution in [0.5, 0.6) is 0 Å². The van der Waals surface area contributed by atoms with Crippen LogP contribution in [0.2, 0.25) is 0 Å². The first-order valence-electron chi connectivity index (χ1n) is 8.53. The first-order valence-corrected chi connectivity index (χ1v) is 8.53. The number of carbonyl (C=O) groups is 1. The molecule has 1 aromatic heterocycles. The van der Waals surface area contributed by atoms with E-state index in [1.165, 1.54) is 9.58 Å². The molecule has 1 amide bonds. The van der Waals surface area contributed by atoms with E-state index in [-0.39, 0.29) is 18.0 Å². The Hall–Kier alpha value is -2.31. The third-order valence-corrected chi connectivity index (χ3v) is 4.50. The van der Waals surface area contributed by atoms with Crippen LogP contribution in [0.4, 0.5) is 13.2 Å². The second-order valence-corrected chi connectivity index (χ2v) is 7.75. The van der Waals surface area contributed by atoms with Gasteiger partial charge in [0.2, 0.25) is 5.91 Å². The van der Waals surface area contributed by atoms with Crippen LogP contribution in [0.25, 0.3) is 5.69 Å². The molecule has 1 aromatic carbocycles. The van der Waals surface area contributed by atoms with Crippen LogP contribution < -0.4 is 0 Å². The maximum absolute atomic E-state index is 13.6. The number of rotatable bonds is 1. The van der Waals surface area contributed by atoms with Gasteiger partial charge in [-0.25, -0.2) is 4.68 Å². The average molecular weight is 365 g/mol. The Morgan fingerprint density at radius 1 is 1.19 bits per heavy atom. The summed E-state index contributed by atoms with van der Waals surface area (Å²) in [4.78, 5) is 14.0. The third kappa shape index (κ3) is 3.34. The van der Waals surface area contributed by atoms with E-state index in [4.69, 9.17) is 0 Å². The molecule has 2 aromatic rings. The molecule has 0 N–H and O–H groups in total. The maximum Gasteiger partial charge on any atom is 0.435 e. The maximum atomic E-state index is 13.6. The van der Waals surface area contributed by atoms with Crippen LogP contribution in [0.1, 0.15) is 43.3 Å². The summed E-state index contributed by atoms with van der Waals surface area (Å²) in [6, 6.07) is 7.23. The number of benzene rings is 1. The summed E-state index contributed by atoms with van der Waals surface area (Å²) >= 11 is 0. The second-order valence-electron chi connectivity index (χ2n) is 7.75. The van der Waals surface area contributed by atoms with Gasteiger partial charge in [-0.15, -0.1) is 0 Å². The fraction of sp³-hybridized carbons (Fsp3) is 0.474. The summed E-state index contributed by atoms with van der Waals surface area (Å²) in [6.45, 7) is 7.51. The molecule has 3 rings (SSSR count). The average Bonchev–Trinajstić information content (AvgIpc) is 2.92. The fourth-order valence-electron chi connectivity index (χ4n) is 3.27. The summed E-state index contributed by atoms with van der Waals surface area (Å²) < 4.78 is 42.1. The van der Waals surface area contributed by atoms with Crippen LogP contribution >= 0.6 is 0 Å². The molecule has 0 atom stereocenters. The number of hydrogen-bond acceptors (Lipinski definition) is 2. The highest BCUT2D eigenvalue weighted by atomic mass is 19.4. The van der Waals surface area contributed by atoms with Crippen LogP contribution in [0, 0.1) is 12.3 Å². The topological polar surface area (TPSA) is 38.1 Å². The zero-order valence-corrected chi connectivity index (χ0v) is 15.3. The van der Waals surface area contributed by atoms with Gasteiger partial charge in [0, 0.05) is 30.5 Å². The zero-order valence-electron chi connectivity index (χ0n) is 15.3. The van der Waals surface area contributed by atoms with Crippen molar-refractivity contribution in [2.75, 3.05) is 6.54 Å². The number of nitrogens with zero attached hydrogens (tertiary/aromatic N) is 3. The van der Waals surface area contributed by atoms with E-state index >= 15 is 0 Å². The minimum Gasteiger partial charge on any atom is -0.337 e. The van der Waals surface area contributed by atoms with Gasteiger partial charge in [0.1, 0.15) is 0 Å². The molecule has 2 heterocycles. The van der Waals surface area contributed by atoms with Crippen molar-refractivity contribution in [1.29, 1.82) is 0 Å². The van der Waals surface area contributed by atoms with E-state index in [1.807, 2.05) is 13.0 Å². The Bertz CT molecular complexity index is 847. The molecular weight excluding hydrogens is 343 g/mol. The smallest absolute Gasteiger partial charge is 0.337 e. The fourth-order valence-corrected chi connectivity index (χ4v) is 3.27. The summed E-state index contributed by atoms with van der Waals surface area (Å²) in [6.07, 6.45) is -4.22. The number of aromatic nitrogens is 2. The van der Waals surface area contributed by atoms with E-state index in [2.05, 4.69) is 5.10 Å². The molecular formula is C19H22F3N3O. The third-order valence-electron chi connectivity index (χ3n) is 4.50. The predicted molar refractivity (Wildman–Crippen MR) is 91.9 cm³/mol. The van der Waals surface area contributed by atoms with E-state index in [9.17, 15) is 18.0 Å². The lowest BCUT2D eigenvalue weighted by molar-refractivity contribution is -0.145. The van der Waals surface area contributed by atoms with E-state index in [0.717, 1.165) is 5.56 Å². The van der Waals surface area contributed by atoms with Crippen LogP contribution in [0.3, 0.4) is 0 Å². The van der Waals surface area contributed by atoms with Crippen LogP contribution in [0.15, 0.2) is 24.3 Å². The van der Waals surface area contributed by atoms with Crippen molar-refractivity contribution in [1.82, 2.24) is 14.7 Å². The molecule has 0 unspecified atom stereocenters. The van der Waals surface area contributed by atoms with Gasteiger partial charge in [-0.2, -0.15) is 18.3 Å². The Balaban J connectivity index is 2.09. The molecule has 0 spiro atoms. The Kier molecular flexibility index (Phi) is 4.37. The van der Waals surface area contributed by atoms with Gasteiger partial charge in [-0.3, -0.25) is 4.79 Å². The molecule has 0 saturated carbocycles. The SMILES string of the molecule is Cc1cccc(-n2nc(C(F)(F)F)c3c2CCN(C(=O)C(C)(C)C)C3)c1. The summed E-state index contributed by atoms with van der Waals surface area (Å²) in [5.74, 6) is -0.153. The first kappa shape index (κ1) is 18.5. The highest BCUT2D eigenvalue weighted by Gasteiger charge is 2.42. The largest absolute Gasteiger partial charge is 0.435 e. The van der Waals surface area contributed by atoms with Gasteiger partial charge in [0.25, 0.3) is 0 Å². The number of halogens is 3. The lowest BCUT2D eigenvalue weighted by Gasteiger charge is -2.33. The van der Waals surface area contributed by atoms with Gasteiger partial charge < -0.3 is 4.90 Å². The van der Waals surface area contributed by atoms with Gasteiger partial charge >= 0.3 is 6.18 Å². The van der Waals surface area contributed by atoms with Crippen molar-refractivity contribution in [3.8, 4) is 5.69 Å². The standard InChI is InChI=1S/C19H22F3N3O/c1-12-6-5-7-13(10-12)25-15-8-9-24(17(26)18(2,3)4)11-14(15)16(23-25)19(20,21)22/h5-7,10H,8-9,11H2,1-4H3. The van der Waals surface area contributed by atoms with E-state index in [0.29, 0.717) is 24.3 Å². The quantitative estimate of drug-likeness (QED) is 0.762.